The molecule has 0 radical (unpaired) electrons. The number of rotatable bonds is 4. The Morgan fingerprint density at radius 2 is 1.96 bits per heavy atom. The summed E-state index contributed by atoms with van der Waals surface area (Å²) in [4.78, 5) is 8.58. The molecule has 7 heteroatoms. The number of para-hydroxylation sites is 1. The molecular weight excluding hydrogens is 300 g/mol. The number of hydrogen-bond donors (Lipinski definition) is 3. The topological polar surface area (TPSA) is 103 Å². The van der Waals surface area contributed by atoms with Crippen molar-refractivity contribution in [3.63, 3.8) is 0 Å². The minimum atomic E-state index is -0.223. The molecule has 23 heavy (non-hydrogen) atoms. The van der Waals surface area contributed by atoms with Crippen molar-refractivity contribution in [2.45, 2.75) is 6.10 Å². The predicted molar refractivity (Wildman–Crippen MR) is 82.9 cm³/mol. The molecule has 4 N–H and O–H groups in total. The number of benzene rings is 2. The monoisotopic (exact) mass is 318 g/mol. The van der Waals surface area contributed by atoms with Crippen LogP contribution in [0.25, 0.3) is 0 Å². The van der Waals surface area contributed by atoms with Gasteiger partial charge in [0.2, 0.25) is 6.41 Å². The zero-order valence-electron chi connectivity index (χ0n) is 12.3. The lowest BCUT2D eigenvalue weighted by Gasteiger charge is -2.26. The number of nitrogens with one attached hydrogen (secondary N) is 1. The summed E-state index contributed by atoms with van der Waals surface area (Å²) in [7, 11) is 0. The Hall–Kier alpha value is -2.77. The van der Waals surface area contributed by atoms with Gasteiger partial charge in [-0.1, -0.05) is 18.2 Å². The SMILES string of the molecule is NC=O.ONCC1COc2ccc(Oc3ccccc3)cc2O1. The average Bonchev–Trinajstić information content (AvgIpc) is 2.56. The maximum Gasteiger partial charge on any atom is 0.204 e. The van der Waals surface area contributed by atoms with Crippen LogP contribution < -0.4 is 25.4 Å². The maximum absolute atomic E-state index is 8.71. The second kappa shape index (κ2) is 8.62. The van der Waals surface area contributed by atoms with E-state index in [1.165, 1.54) is 0 Å². The Bertz CT molecular complexity index is 621. The summed E-state index contributed by atoms with van der Waals surface area (Å²) in [6.07, 6.45) is 0.0273. The van der Waals surface area contributed by atoms with Crippen LogP contribution in [0.15, 0.2) is 48.5 Å². The predicted octanol–water partition coefficient (Wildman–Crippen LogP) is 1.70. The van der Waals surface area contributed by atoms with Crippen LogP contribution in [0.2, 0.25) is 0 Å². The third-order valence-electron chi connectivity index (χ3n) is 2.93. The van der Waals surface area contributed by atoms with Crippen LogP contribution in [0.3, 0.4) is 0 Å². The van der Waals surface area contributed by atoms with Crippen LogP contribution in [-0.2, 0) is 4.79 Å². The molecule has 1 unspecified atom stereocenters. The molecule has 2 aromatic carbocycles. The van der Waals surface area contributed by atoms with Crippen molar-refractivity contribution < 1.29 is 24.2 Å². The quantitative estimate of drug-likeness (QED) is 0.585. The summed E-state index contributed by atoms with van der Waals surface area (Å²) in [5.74, 6) is 2.73. The van der Waals surface area contributed by atoms with Gasteiger partial charge in [0.05, 0.1) is 6.54 Å². The molecule has 0 saturated heterocycles. The van der Waals surface area contributed by atoms with E-state index in [9.17, 15) is 0 Å². The number of carbonyl (C=O) groups excluding carboxylic acids is 1. The molecular formula is C16H18N2O5. The summed E-state index contributed by atoms with van der Waals surface area (Å²) in [5, 5.41) is 8.71. The third-order valence-corrected chi connectivity index (χ3v) is 2.93. The maximum atomic E-state index is 8.71. The van der Waals surface area contributed by atoms with E-state index in [0.717, 1.165) is 5.75 Å². The molecule has 0 bridgehead atoms. The van der Waals surface area contributed by atoms with Gasteiger partial charge in [-0.3, -0.25) is 4.79 Å². The fraction of sp³-hybridized carbons (Fsp3) is 0.188. The zero-order chi connectivity index (χ0) is 16.5. The standard InChI is InChI=1S/C15H15NO4.CH3NO/c17-16-9-13-10-18-14-7-6-12(8-15(14)20-13)19-11-4-2-1-3-5-11;2-1-3/h1-8,13,16-17H,9-10H2;1H,(H2,2,3). The molecule has 2 aromatic rings. The van der Waals surface area contributed by atoms with E-state index in [-0.39, 0.29) is 12.5 Å². The van der Waals surface area contributed by atoms with E-state index in [1.807, 2.05) is 42.5 Å². The van der Waals surface area contributed by atoms with Crippen molar-refractivity contribution in [1.82, 2.24) is 5.48 Å². The van der Waals surface area contributed by atoms with Gasteiger partial charge >= 0.3 is 0 Å². The van der Waals surface area contributed by atoms with Crippen LogP contribution in [0.5, 0.6) is 23.0 Å². The number of carbonyl (C=O) groups is 1. The van der Waals surface area contributed by atoms with Gasteiger partial charge in [-0.2, -0.15) is 0 Å². The Balaban J connectivity index is 0.000000595. The summed E-state index contributed by atoms with van der Waals surface area (Å²) in [5.41, 5.74) is 6.25. The first-order valence-electron chi connectivity index (χ1n) is 6.95. The smallest absolute Gasteiger partial charge is 0.204 e. The van der Waals surface area contributed by atoms with Crippen LogP contribution in [0, 0.1) is 0 Å². The van der Waals surface area contributed by atoms with E-state index in [0.29, 0.717) is 30.4 Å². The first-order chi connectivity index (χ1) is 11.3. The first-order valence-corrected chi connectivity index (χ1v) is 6.95. The minimum absolute atomic E-state index is 0.223. The van der Waals surface area contributed by atoms with Gasteiger partial charge in [-0.15, -0.1) is 0 Å². The number of primary amides is 1. The number of ether oxygens (including phenoxy) is 3. The summed E-state index contributed by atoms with van der Waals surface area (Å²) < 4.78 is 17.0. The molecule has 1 aliphatic heterocycles. The van der Waals surface area contributed by atoms with E-state index in [2.05, 4.69) is 11.2 Å². The van der Waals surface area contributed by atoms with Gasteiger partial charge in [-0.25, -0.2) is 5.48 Å². The third kappa shape index (κ3) is 4.87. The number of nitrogens with two attached hydrogens (primary N) is 1. The summed E-state index contributed by atoms with van der Waals surface area (Å²) >= 11 is 0. The van der Waals surface area contributed by atoms with Gasteiger partial charge < -0.3 is 25.2 Å². The lowest BCUT2D eigenvalue weighted by Crippen LogP contribution is -2.37. The van der Waals surface area contributed by atoms with Crippen molar-refractivity contribution in [2.24, 2.45) is 5.73 Å². The molecule has 1 atom stereocenters. The Morgan fingerprint density at radius 3 is 2.65 bits per heavy atom. The van der Waals surface area contributed by atoms with Crippen LogP contribution in [0.1, 0.15) is 0 Å². The molecule has 0 spiro atoms. The van der Waals surface area contributed by atoms with Crippen molar-refractivity contribution in [3.05, 3.63) is 48.5 Å². The zero-order valence-corrected chi connectivity index (χ0v) is 12.3. The fourth-order valence-electron chi connectivity index (χ4n) is 1.99. The van der Waals surface area contributed by atoms with Gasteiger partial charge in [0.1, 0.15) is 24.2 Å². The number of amides is 1. The lowest BCUT2D eigenvalue weighted by molar-refractivity contribution is -0.106. The second-order valence-corrected chi connectivity index (χ2v) is 4.57. The molecule has 0 aliphatic carbocycles. The Morgan fingerprint density at radius 1 is 1.22 bits per heavy atom. The number of hydrogen-bond acceptors (Lipinski definition) is 6. The van der Waals surface area contributed by atoms with E-state index in [4.69, 9.17) is 24.2 Å². The van der Waals surface area contributed by atoms with E-state index >= 15 is 0 Å². The van der Waals surface area contributed by atoms with Crippen LogP contribution in [0.4, 0.5) is 0 Å². The highest BCUT2D eigenvalue weighted by molar-refractivity contribution is 5.47. The molecule has 0 aromatic heterocycles. The molecule has 0 saturated carbocycles. The van der Waals surface area contributed by atoms with Crippen LogP contribution in [-0.4, -0.2) is 30.9 Å². The van der Waals surface area contributed by atoms with Crippen molar-refractivity contribution in [3.8, 4) is 23.0 Å². The van der Waals surface area contributed by atoms with Crippen LogP contribution >= 0.6 is 0 Å². The largest absolute Gasteiger partial charge is 0.486 e. The molecule has 3 rings (SSSR count). The Kier molecular flexibility index (Phi) is 6.22. The Labute approximate surface area is 133 Å². The summed E-state index contributed by atoms with van der Waals surface area (Å²) in [6.45, 7) is 0.711. The fourth-order valence-corrected chi connectivity index (χ4v) is 1.99. The number of fused-ring (bicyclic) bond motifs is 1. The lowest BCUT2D eigenvalue weighted by atomic mass is 10.2. The highest BCUT2D eigenvalue weighted by Gasteiger charge is 2.21. The molecule has 1 aliphatic rings. The van der Waals surface area contributed by atoms with E-state index in [1.54, 1.807) is 6.07 Å². The normalized spacial score (nSPS) is 15.1. The van der Waals surface area contributed by atoms with Gasteiger partial charge in [0, 0.05) is 6.07 Å². The van der Waals surface area contributed by atoms with Crippen molar-refractivity contribution in [2.75, 3.05) is 13.2 Å². The van der Waals surface area contributed by atoms with Gasteiger partial charge in [0.15, 0.2) is 11.5 Å². The van der Waals surface area contributed by atoms with Gasteiger partial charge in [0.25, 0.3) is 0 Å². The van der Waals surface area contributed by atoms with E-state index < -0.39 is 0 Å². The average molecular weight is 318 g/mol. The second-order valence-electron chi connectivity index (χ2n) is 4.57. The molecule has 7 nitrogen and oxygen atoms in total. The molecule has 122 valence electrons. The van der Waals surface area contributed by atoms with Crippen molar-refractivity contribution in [1.29, 1.82) is 0 Å². The van der Waals surface area contributed by atoms with Gasteiger partial charge in [-0.05, 0) is 24.3 Å². The van der Waals surface area contributed by atoms with Crippen molar-refractivity contribution >= 4 is 6.41 Å². The number of hydroxylamine groups is 1. The minimum Gasteiger partial charge on any atom is -0.486 e. The first kappa shape index (κ1) is 16.6. The highest BCUT2D eigenvalue weighted by Crippen LogP contribution is 2.36. The highest BCUT2D eigenvalue weighted by atomic mass is 16.6. The molecule has 1 heterocycles. The molecule has 0 fully saturated rings. The molecule has 1 amide bonds. The summed E-state index contributed by atoms with van der Waals surface area (Å²) in [6, 6.07) is 15.0.